The van der Waals surface area contributed by atoms with E-state index < -0.39 is 5.97 Å². The number of carboxylic acids is 1. The van der Waals surface area contributed by atoms with Gasteiger partial charge in [-0.1, -0.05) is 10.3 Å². The second-order valence-electron chi connectivity index (χ2n) is 4.01. The first-order chi connectivity index (χ1) is 10.2. The summed E-state index contributed by atoms with van der Waals surface area (Å²) < 4.78 is 5.38. The summed E-state index contributed by atoms with van der Waals surface area (Å²) in [6.45, 7) is 0. The third-order valence-corrected chi connectivity index (χ3v) is 2.66. The normalized spacial score (nSPS) is 10.3. The lowest BCUT2D eigenvalue weighted by Crippen LogP contribution is -1.99. The number of benzene rings is 1. The molecule has 0 radical (unpaired) electrons. The third kappa shape index (κ3) is 2.68. The number of nitrogens with one attached hydrogen (secondary N) is 1. The molecule has 3 aromatic rings. The standard InChI is InChI=1S/C13H9N5O3/c19-13(20)11-12(17-18-16-11)21-9-3-1-8(2-4-9)10-7-14-5-6-15-10/h1-7H,(H,19,20)(H,16,17,18). The van der Waals surface area contributed by atoms with Crippen molar-refractivity contribution in [3.05, 3.63) is 48.5 Å². The number of hydrogen-bond acceptors (Lipinski definition) is 6. The first kappa shape index (κ1) is 12.7. The van der Waals surface area contributed by atoms with Gasteiger partial charge in [-0.3, -0.25) is 9.97 Å². The number of aromatic carboxylic acids is 1. The van der Waals surface area contributed by atoms with Crippen LogP contribution in [-0.4, -0.2) is 36.5 Å². The van der Waals surface area contributed by atoms with E-state index in [1.807, 2.05) is 0 Å². The van der Waals surface area contributed by atoms with Gasteiger partial charge < -0.3 is 9.84 Å². The van der Waals surface area contributed by atoms with Crippen LogP contribution in [0.3, 0.4) is 0 Å². The molecular formula is C13H9N5O3. The zero-order chi connectivity index (χ0) is 14.7. The van der Waals surface area contributed by atoms with Crippen LogP contribution in [0.2, 0.25) is 0 Å². The molecule has 3 rings (SSSR count). The number of aromatic amines is 1. The molecule has 0 unspecified atom stereocenters. The summed E-state index contributed by atoms with van der Waals surface area (Å²) in [7, 11) is 0. The molecule has 0 aliphatic carbocycles. The molecule has 2 aromatic heterocycles. The minimum absolute atomic E-state index is 0.0882. The van der Waals surface area contributed by atoms with Crippen molar-refractivity contribution in [1.82, 2.24) is 25.4 Å². The van der Waals surface area contributed by atoms with Gasteiger partial charge in [0.25, 0.3) is 5.88 Å². The van der Waals surface area contributed by atoms with Gasteiger partial charge in [-0.05, 0) is 24.3 Å². The maximum absolute atomic E-state index is 10.9. The van der Waals surface area contributed by atoms with Gasteiger partial charge in [0, 0.05) is 18.0 Å². The lowest BCUT2D eigenvalue weighted by Gasteiger charge is -2.04. The Morgan fingerprint density at radius 3 is 2.67 bits per heavy atom. The highest BCUT2D eigenvalue weighted by Gasteiger charge is 2.16. The van der Waals surface area contributed by atoms with Crippen LogP contribution in [0.25, 0.3) is 11.3 Å². The highest BCUT2D eigenvalue weighted by Crippen LogP contribution is 2.24. The van der Waals surface area contributed by atoms with E-state index >= 15 is 0 Å². The second kappa shape index (κ2) is 5.37. The Morgan fingerprint density at radius 1 is 1.19 bits per heavy atom. The monoisotopic (exact) mass is 283 g/mol. The van der Waals surface area contributed by atoms with Crippen LogP contribution in [0.15, 0.2) is 42.9 Å². The van der Waals surface area contributed by atoms with Gasteiger partial charge in [-0.15, -0.1) is 0 Å². The fourth-order valence-electron chi connectivity index (χ4n) is 1.68. The summed E-state index contributed by atoms with van der Waals surface area (Å²) in [5.41, 5.74) is 1.40. The number of ether oxygens (including phenoxy) is 1. The van der Waals surface area contributed by atoms with E-state index in [9.17, 15) is 4.79 Å². The molecule has 0 saturated heterocycles. The van der Waals surface area contributed by atoms with Crippen LogP contribution in [0.5, 0.6) is 11.6 Å². The Morgan fingerprint density at radius 2 is 2.00 bits per heavy atom. The van der Waals surface area contributed by atoms with E-state index in [1.165, 1.54) is 0 Å². The molecule has 0 atom stereocenters. The van der Waals surface area contributed by atoms with Gasteiger partial charge in [0.05, 0.1) is 11.9 Å². The number of nitrogens with zero attached hydrogens (tertiary/aromatic N) is 4. The maximum atomic E-state index is 10.9. The van der Waals surface area contributed by atoms with E-state index in [1.54, 1.807) is 42.9 Å². The van der Waals surface area contributed by atoms with Crippen LogP contribution in [0.4, 0.5) is 0 Å². The van der Waals surface area contributed by atoms with Crippen molar-refractivity contribution >= 4 is 5.97 Å². The van der Waals surface area contributed by atoms with Crippen LogP contribution in [-0.2, 0) is 0 Å². The smallest absolute Gasteiger partial charge is 0.359 e. The largest absolute Gasteiger partial charge is 0.476 e. The topological polar surface area (TPSA) is 114 Å². The van der Waals surface area contributed by atoms with Crippen LogP contribution < -0.4 is 4.74 Å². The average Bonchev–Trinajstić information content (AvgIpc) is 2.97. The van der Waals surface area contributed by atoms with E-state index in [0.717, 1.165) is 11.3 Å². The lowest BCUT2D eigenvalue weighted by atomic mass is 10.1. The Kier molecular flexibility index (Phi) is 3.26. The minimum atomic E-state index is -1.19. The molecule has 8 heteroatoms. The number of rotatable bonds is 4. The Balaban J connectivity index is 1.82. The van der Waals surface area contributed by atoms with E-state index in [0.29, 0.717) is 5.75 Å². The Hall–Kier alpha value is -3.29. The fourth-order valence-corrected chi connectivity index (χ4v) is 1.68. The summed E-state index contributed by atoms with van der Waals surface area (Å²) in [6.07, 6.45) is 4.85. The molecular weight excluding hydrogens is 274 g/mol. The van der Waals surface area contributed by atoms with E-state index in [-0.39, 0.29) is 11.6 Å². The average molecular weight is 283 g/mol. The number of H-pyrrole nitrogens is 1. The summed E-state index contributed by atoms with van der Waals surface area (Å²) in [4.78, 5) is 19.1. The number of aromatic nitrogens is 5. The lowest BCUT2D eigenvalue weighted by molar-refractivity contribution is 0.0687. The molecule has 0 spiro atoms. The summed E-state index contributed by atoms with van der Waals surface area (Å²) in [5, 5.41) is 18.2. The second-order valence-corrected chi connectivity index (χ2v) is 4.01. The summed E-state index contributed by atoms with van der Waals surface area (Å²) in [6, 6.07) is 6.95. The highest BCUT2D eigenvalue weighted by atomic mass is 16.5. The van der Waals surface area contributed by atoms with Gasteiger partial charge in [-0.2, -0.15) is 0 Å². The van der Waals surface area contributed by atoms with Crippen molar-refractivity contribution in [3.63, 3.8) is 0 Å². The van der Waals surface area contributed by atoms with Gasteiger partial charge in [0.2, 0.25) is 5.69 Å². The highest BCUT2D eigenvalue weighted by molar-refractivity contribution is 5.87. The van der Waals surface area contributed by atoms with Gasteiger partial charge >= 0.3 is 5.97 Å². The van der Waals surface area contributed by atoms with Gasteiger partial charge in [0.1, 0.15) is 5.75 Å². The summed E-state index contributed by atoms with van der Waals surface area (Å²) in [5.74, 6) is -0.833. The molecule has 2 heterocycles. The van der Waals surface area contributed by atoms with E-state index in [4.69, 9.17) is 9.84 Å². The molecule has 0 amide bonds. The minimum Gasteiger partial charge on any atom is -0.476 e. The molecule has 0 bridgehead atoms. The van der Waals surface area contributed by atoms with Crippen molar-refractivity contribution < 1.29 is 14.6 Å². The van der Waals surface area contributed by atoms with E-state index in [2.05, 4.69) is 25.4 Å². The Bertz CT molecular complexity index is 755. The Labute approximate surface area is 118 Å². The van der Waals surface area contributed by atoms with Gasteiger partial charge in [0.15, 0.2) is 0 Å². The molecule has 0 aliphatic heterocycles. The number of carboxylic acid groups (broad SMARTS) is 1. The number of hydrogen-bond donors (Lipinski definition) is 2. The first-order valence-electron chi connectivity index (χ1n) is 5.92. The van der Waals surface area contributed by atoms with Crippen molar-refractivity contribution in [2.75, 3.05) is 0 Å². The number of carbonyl (C=O) groups is 1. The molecule has 104 valence electrons. The van der Waals surface area contributed by atoms with Crippen molar-refractivity contribution in [3.8, 4) is 22.9 Å². The molecule has 0 saturated carbocycles. The zero-order valence-corrected chi connectivity index (χ0v) is 10.6. The molecule has 2 N–H and O–H groups in total. The first-order valence-corrected chi connectivity index (χ1v) is 5.92. The van der Waals surface area contributed by atoms with Crippen molar-refractivity contribution in [2.24, 2.45) is 0 Å². The van der Waals surface area contributed by atoms with Crippen molar-refractivity contribution in [2.45, 2.75) is 0 Å². The van der Waals surface area contributed by atoms with Crippen LogP contribution >= 0.6 is 0 Å². The zero-order valence-electron chi connectivity index (χ0n) is 10.6. The SMILES string of the molecule is O=C(O)c1[nH]nnc1Oc1ccc(-c2cnccn2)cc1. The quantitative estimate of drug-likeness (QED) is 0.749. The predicted octanol–water partition coefficient (Wildman–Crippen LogP) is 1.75. The fraction of sp³-hybridized carbons (Fsp3) is 0. The van der Waals surface area contributed by atoms with Crippen LogP contribution in [0, 0.1) is 0 Å². The molecule has 0 fully saturated rings. The molecule has 8 nitrogen and oxygen atoms in total. The maximum Gasteiger partial charge on any atom is 0.359 e. The molecule has 0 aliphatic rings. The van der Waals surface area contributed by atoms with Crippen molar-refractivity contribution in [1.29, 1.82) is 0 Å². The summed E-state index contributed by atoms with van der Waals surface area (Å²) >= 11 is 0. The third-order valence-electron chi connectivity index (χ3n) is 2.66. The molecule has 1 aromatic carbocycles. The molecule has 21 heavy (non-hydrogen) atoms. The van der Waals surface area contributed by atoms with Crippen LogP contribution in [0.1, 0.15) is 10.5 Å². The predicted molar refractivity (Wildman–Crippen MR) is 70.9 cm³/mol. The van der Waals surface area contributed by atoms with Gasteiger partial charge in [-0.25, -0.2) is 9.89 Å².